The van der Waals surface area contributed by atoms with Crippen LogP contribution in [0, 0.1) is 11.3 Å². The molecule has 1 saturated carbocycles. The van der Waals surface area contributed by atoms with Crippen molar-refractivity contribution >= 4 is 5.97 Å². The zero-order chi connectivity index (χ0) is 12.3. The SMILES string of the molecule is N#Cc1ccc(OC2(CC(=O)O)CCC2)cc1. The van der Waals surface area contributed by atoms with Gasteiger partial charge < -0.3 is 9.84 Å². The number of aliphatic carboxylic acids is 1. The lowest BCUT2D eigenvalue weighted by atomic mass is 9.77. The average Bonchev–Trinajstić information content (AvgIpc) is 2.26. The highest BCUT2D eigenvalue weighted by atomic mass is 16.5. The average molecular weight is 231 g/mol. The van der Waals surface area contributed by atoms with Gasteiger partial charge in [0.2, 0.25) is 0 Å². The third-order valence-electron chi connectivity index (χ3n) is 3.06. The number of carboxylic acid groups (broad SMARTS) is 1. The number of hydrogen-bond donors (Lipinski definition) is 1. The number of benzene rings is 1. The van der Waals surface area contributed by atoms with Crippen LogP contribution in [0.25, 0.3) is 0 Å². The van der Waals surface area contributed by atoms with Gasteiger partial charge in [0.15, 0.2) is 0 Å². The van der Waals surface area contributed by atoms with Crippen LogP contribution < -0.4 is 4.74 Å². The second-order valence-electron chi connectivity index (χ2n) is 4.35. The molecule has 0 atom stereocenters. The second-order valence-corrected chi connectivity index (χ2v) is 4.35. The molecule has 0 heterocycles. The number of hydrogen-bond acceptors (Lipinski definition) is 3. The first kappa shape index (κ1) is 11.5. The molecule has 0 radical (unpaired) electrons. The molecule has 1 aliphatic carbocycles. The molecule has 1 fully saturated rings. The fraction of sp³-hybridized carbons (Fsp3) is 0.385. The first-order chi connectivity index (χ1) is 8.13. The van der Waals surface area contributed by atoms with Crippen LogP contribution in [0.2, 0.25) is 0 Å². The maximum Gasteiger partial charge on any atom is 0.307 e. The number of nitriles is 1. The van der Waals surface area contributed by atoms with Gasteiger partial charge in [0, 0.05) is 0 Å². The molecular weight excluding hydrogens is 218 g/mol. The highest BCUT2D eigenvalue weighted by Crippen LogP contribution is 2.39. The van der Waals surface area contributed by atoms with E-state index in [4.69, 9.17) is 15.1 Å². The normalized spacial score (nSPS) is 16.6. The molecule has 1 aliphatic rings. The highest BCUT2D eigenvalue weighted by Gasteiger charge is 2.41. The van der Waals surface area contributed by atoms with Crippen LogP contribution in [-0.4, -0.2) is 16.7 Å². The number of nitrogens with zero attached hydrogens (tertiary/aromatic N) is 1. The van der Waals surface area contributed by atoms with Crippen molar-refractivity contribution in [3.63, 3.8) is 0 Å². The van der Waals surface area contributed by atoms with Crippen molar-refractivity contribution in [1.82, 2.24) is 0 Å². The molecule has 1 aromatic carbocycles. The van der Waals surface area contributed by atoms with Crippen LogP contribution in [0.15, 0.2) is 24.3 Å². The predicted octanol–water partition coefficient (Wildman–Crippen LogP) is 2.33. The molecule has 88 valence electrons. The standard InChI is InChI=1S/C13H13NO3/c14-9-10-2-4-11(5-3-10)17-13(6-1-7-13)8-12(15)16/h2-5H,1,6-8H2,(H,15,16). The molecule has 0 unspecified atom stereocenters. The van der Waals surface area contributed by atoms with Gasteiger partial charge >= 0.3 is 5.97 Å². The summed E-state index contributed by atoms with van der Waals surface area (Å²) in [5.74, 6) is -0.205. The van der Waals surface area contributed by atoms with Gasteiger partial charge in [0.1, 0.15) is 11.4 Å². The van der Waals surface area contributed by atoms with Crippen LogP contribution >= 0.6 is 0 Å². The van der Waals surface area contributed by atoms with E-state index in [2.05, 4.69) is 0 Å². The van der Waals surface area contributed by atoms with E-state index in [0.717, 1.165) is 19.3 Å². The maximum atomic E-state index is 10.8. The Bertz CT molecular complexity index is 455. The summed E-state index contributed by atoms with van der Waals surface area (Å²) in [6, 6.07) is 8.78. The molecule has 0 bridgehead atoms. The summed E-state index contributed by atoms with van der Waals surface area (Å²) in [7, 11) is 0. The third kappa shape index (κ3) is 2.56. The molecule has 4 nitrogen and oxygen atoms in total. The molecule has 1 N–H and O–H groups in total. The van der Waals surface area contributed by atoms with Crippen molar-refractivity contribution in [2.45, 2.75) is 31.3 Å². The summed E-state index contributed by atoms with van der Waals surface area (Å²) in [4.78, 5) is 10.8. The molecular formula is C13H13NO3. The summed E-state index contributed by atoms with van der Waals surface area (Å²) in [6.45, 7) is 0. The van der Waals surface area contributed by atoms with Gasteiger partial charge in [-0.25, -0.2) is 0 Å². The van der Waals surface area contributed by atoms with Gasteiger partial charge in [-0.2, -0.15) is 5.26 Å². The van der Waals surface area contributed by atoms with Gasteiger partial charge in [-0.05, 0) is 43.5 Å². The summed E-state index contributed by atoms with van der Waals surface area (Å²) >= 11 is 0. The fourth-order valence-electron chi connectivity index (χ4n) is 2.01. The Labute approximate surface area is 99.4 Å². The first-order valence-electron chi connectivity index (χ1n) is 5.55. The number of carboxylic acids is 1. The van der Waals surface area contributed by atoms with Crippen molar-refractivity contribution in [3.05, 3.63) is 29.8 Å². The smallest absolute Gasteiger partial charge is 0.307 e. The molecule has 0 saturated heterocycles. The maximum absolute atomic E-state index is 10.8. The van der Waals surface area contributed by atoms with Crippen LogP contribution in [0.5, 0.6) is 5.75 Å². The lowest BCUT2D eigenvalue weighted by molar-refractivity contribution is -0.144. The monoisotopic (exact) mass is 231 g/mol. The van der Waals surface area contributed by atoms with E-state index in [9.17, 15) is 4.79 Å². The molecule has 2 rings (SSSR count). The van der Waals surface area contributed by atoms with Gasteiger partial charge in [-0.3, -0.25) is 4.79 Å². The Hall–Kier alpha value is -2.02. The Kier molecular flexibility index (Phi) is 3.01. The third-order valence-corrected chi connectivity index (χ3v) is 3.06. The zero-order valence-electron chi connectivity index (χ0n) is 9.35. The quantitative estimate of drug-likeness (QED) is 0.863. The minimum atomic E-state index is -0.835. The summed E-state index contributed by atoms with van der Waals surface area (Å²) < 4.78 is 5.76. The highest BCUT2D eigenvalue weighted by molar-refractivity contribution is 5.68. The number of rotatable bonds is 4. The summed E-state index contributed by atoms with van der Waals surface area (Å²) in [5, 5.41) is 17.5. The lowest BCUT2D eigenvalue weighted by Crippen LogP contribution is -2.45. The van der Waals surface area contributed by atoms with Gasteiger partial charge in [0.05, 0.1) is 18.1 Å². The molecule has 0 aromatic heterocycles. The number of ether oxygens (including phenoxy) is 1. The number of carbonyl (C=O) groups is 1. The van der Waals surface area contributed by atoms with Crippen LogP contribution in [0.4, 0.5) is 0 Å². The Morgan fingerprint density at radius 1 is 1.41 bits per heavy atom. The van der Waals surface area contributed by atoms with E-state index < -0.39 is 11.6 Å². The van der Waals surface area contributed by atoms with Gasteiger partial charge in [-0.15, -0.1) is 0 Å². The van der Waals surface area contributed by atoms with E-state index in [0.29, 0.717) is 11.3 Å². The Morgan fingerprint density at radius 3 is 2.47 bits per heavy atom. The molecule has 4 heteroatoms. The summed E-state index contributed by atoms with van der Waals surface area (Å²) in [5.41, 5.74) is 0.0261. The lowest BCUT2D eigenvalue weighted by Gasteiger charge is -2.40. The first-order valence-corrected chi connectivity index (χ1v) is 5.55. The van der Waals surface area contributed by atoms with E-state index in [1.807, 2.05) is 6.07 Å². The Balaban J connectivity index is 2.08. The minimum Gasteiger partial charge on any atom is -0.487 e. The molecule has 17 heavy (non-hydrogen) atoms. The van der Waals surface area contributed by atoms with Crippen LogP contribution in [-0.2, 0) is 4.79 Å². The van der Waals surface area contributed by atoms with Crippen LogP contribution in [0.3, 0.4) is 0 Å². The molecule has 0 spiro atoms. The molecule has 1 aromatic rings. The second kappa shape index (κ2) is 4.46. The van der Waals surface area contributed by atoms with Gasteiger partial charge in [-0.1, -0.05) is 0 Å². The fourth-order valence-corrected chi connectivity index (χ4v) is 2.01. The van der Waals surface area contributed by atoms with Crippen molar-refractivity contribution in [1.29, 1.82) is 5.26 Å². The predicted molar refractivity (Wildman–Crippen MR) is 60.6 cm³/mol. The van der Waals surface area contributed by atoms with E-state index in [1.54, 1.807) is 24.3 Å². The Morgan fingerprint density at radius 2 is 2.06 bits per heavy atom. The summed E-state index contributed by atoms with van der Waals surface area (Å²) in [6.07, 6.45) is 2.59. The van der Waals surface area contributed by atoms with Crippen LogP contribution in [0.1, 0.15) is 31.2 Å². The van der Waals surface area contributed by atoms with E-state index in [1.165, 1.54) is 0 Å². The molecule has 0 amide bonds. The topological polar surface area (TPSA) is 70.3 Å². The zero-order valence-corrected chi connectivity index (χ0v) is 9.35. The van der Waals surface area contributed by atoms with Crippen molar-refractivity contribution < 1.29 is 14.6 Å². The van der Waals surface area contributed by atoms with Crippen molar-refractivity contribution in [2.24, 2.45) is 0 Å². The molecule has 0 aliphatic heterocycles. The van der Waals surface area contributed by atoms with Gasteiger partial charge in [0.25, 0.3) is 0 Å². The van der Waals surface area contributed by atoms with E-state index >= 15 is 0 Å². The van der Waals surface area contributed by atoms with Crippen molar-refractivity contribution in [3.8, 4) is 11.8 Å². The minimum absolute atomic E-state index is 0.0347. The largest absolute Gasteiger partial charge is 0.487 e. The van der Waals surface area contributed by atoms with E-state index in [-0.39, 0.29) is 6.42 Å². The van der Waals surface area contributed by atoms with Crippen molar-refractivity contribution in [2.75, 3.05) is 0 Å².